The minimum atomic E-state index is -4.32. The summed E-state index contributed by atoms with van der Waals surface area (Å²) in [5, 5.41) is 0.151. The molecule has 0 radical (unpaired) electrons. The van der Waals surface area contributed by atoms with Crippen molar-refractivity contribution in [3.63, 3.8) is 0 Å². The second kappa shape index (κ2) is 5.40. The molecule has 0 fully saturated rings. The third kappa shape index (κ3) is 3.74. The lowest BCUT2D eigenvalue weighted by atomic mass is 10.1. The number of benzene rings is 1. The van der Waals surface area contributed by atoms with Crippen LogP contribution in [0, 0.1) is 13.8 Å². The van der Waals surface area contributed by atoms with Crippen LogP contribution in [0.2, 0.25) is 5.02 Å². The maximum absolute atomic E-state index is 12.3. The van der Waals surface area contributed by atoms with Crippen LogP contribution in [-0.4, -0.2) is 0 Å². The van der Waals surface area contributed by atoms with Gasteiger partial charge in [-0.1, -0.05) is 31.5 Å². The topological polar surface area (TPSA) is 0 Å². The van der Waals surface area contributed by atoms with E-state index in [9.17, 15) is 13.2 Å². The van der Waals surface area contributed by atoms with Gasteiger partial charge in [0.1, 0.15) is 0 Å². The number of hydrogen-bond donors (Lipinski definition) is 0. The first-order valence-electron chi connectivity index (χ1n) is 4.66. The SMILES string of the molecule is CC.Cc1cc(C)c(C(F)(F)F)cc1Cl. The molecule has 0 spiro atoms. The summed E-state index contributed by atoms with van der Waals surface area (Å²) in [6, 6.07) is 2.40. The Morgan fingerprint density at radius 2 is 1.47 bits per heavy atom. The predicted molar refractivity (Wildman–Crippen MR) is 57.3 cm³/mol. The first-order chi connectivity index (χ1) is 6.82. The fourth-order valence-electron chi connectivity index (χ4n) is 1.13. The summed E-state index contributed by atoms with van der Waals surface area (Å²) in [7, 11) is 0. The van der Waals surface area contributed by atoms with Crippen LogP contribution in [0.25, 0.3) is 0 Å². The predicted octanol–water partition coefficient (Wildman–Crippen LogP) is 5.00. The van der Waals surface area contributed by atoms with Crippen molar-refractivity contribution >= 4 is 11.6 Å². The molecule has 15 heavy (non-hydrogen) atoms. The zero-order valence-electron chi connectivity index (χ0n) is 9.17. The average molecular weight is 239 g/mol. The molecule has 0 bridgehead atoms. The number of hydrogen-bond acceptors (Lipinski definition) is 0. The third-order valence-corrected chi connectivity index (χ3v) is 2.22. The molecule has 0 saturated carbocycles. The molecule has 0 N–H and O–H groups in total. The Balaban J connectivity index is 0.000000921. The van der Waals surface area contributed by atoms with E-state index in [0.717, 1.165) is 6.07 Å². The Morgan fingerprint density at radius 1 is 1.00 bits per heavy atom. The molecule has 0 nitrogen and oxygen atoms in total. The van der Waals surface area contributed by atoms with Crippen LogP contribution in [0.1, 0.15) is 30.5 Å². The van der Waals surface area contributed by atoms with Gasteiger partial charge in [-0.15, -0.1) is 0 Å². The van der Waals surface area contributed by atoms with Gasteiger partial charge in [0.05, 0.1) is 5.56 Å². The van der Waals surface area contributed by atoms with Crippen molar-refractivity contribution in [1.82, 2.24) is 0 Å². The summed E-state index contributed by atoms with van der Waals surface area (Å²) in [6.07, 6.45) is -4.32. The molecule has 4 heteroatoms. The van der Waals surface area contributed by atoms with Crippen LogP contribution in [0.15, 0.2) is 12.1 Å². The van der Waals surface area contributed by atoms with Crippen molar-refractivity contribution in [2.45, 2.75) is 33.9 Å². The normalized spacial score (nSPS) is 10.7. The molecule has 0 saturated heterocycles. The molecule has 1 aromatic rings. The van der Waals surface area contributed by atoms with Gasteiger partial charge in [0.2, 0.25) is 0 Å². The van der Waals surface area contributed by atoms with Gasteiger partial charge in [0.25, 0.3) is 0 Å². The van der Waals surface area contributed by atoms with E-state index in [4.69, 9.17) is 11.6 Å². The zero-order chi connectivity index (χ0) is 12.2. The Bertz CT molecular complexity index is 329. The quantitative estimate of drug-likeness (QED) is 0.597. The molecule has 0 aliphatic heterocycles. The Morgan fingerprint density at radius 3 is 1.87 bits per heavy atom. The monoisotopic (exact) mass is 238 g/mol. The van der Waals surface area contributed by atoms with Crippen molar-refractivity contribution in [2.75, 3.05) is 0 Å². The molecule has 86 valence electrons. The van der Waals surface area contributed by atoms with Crippen LogP contribution in [0.4, 0.5) is 13.2 Å². The minimum absolute atomic E-state index is 0.151. The van der Waals surface area contributed by atoms with E-state index >= 15 is 0 Å². The Kier molecular flexibility index (Phi) is 5.15. The van der Waals surface area contributed by atoms with Gasteiger partial charge in [0.15, 0.2) is 0 Å². The molecule has 0 amide bonds. The van der Waals surface area contributed by atoms with Crippen molar-refractivity contribution < 1.29 is 13.2 Å². The molecule has 0 aliphatic rings. The third-order valence-electron chi connectivity index (χ3n) is 1.81. The highest BCUT2D eigenvalue weighted by atomic mass is 35.5. The van der Waals surface area contributed by atoms with E-state index in [2.05, 4.69) is 0 Å². The summed E-state index contributed by atoms with van der Waals surface area (Å²) in [6.45, 7) is 7.10. The average Bonchev–Trinajstić information content (AvgIpc) is 2.13. The van der Waals surface area contributed by atoms with Crippen LogP contribution in [0.3, 0.4) is 0 Å². The summed E-state index contributed by atoms with van der Waals surface area (Å²) >= 11 is 5.59. The number of aryl methyl sites for hydroxylation is 2. The van der Waals surface area contributed by atoms with Gasteiger partial charge < -0.3 is 0 Å². The van der Waals surface area contributed by atoms with Crippen molar-refractivity contribution in [3.05, 3.63) is 33.8 Å². The summed E-state index contributed by atoms with van der Waals surface area (Å²) in [5.74, 6) is 0. The molecule has 1 rings (SSSR count). The lowest BCUT2D eigenvalue weighted by Crippen LogP contribution is -2.07. The number of alkyl halides is 3. The smallest absolute Gasteiger partial charge is 0.166 e. The van der Waals surface area contributed by atoms with E-state index < -0.39 is 11.7 Å². The molecule has 0 atom stereocenters. The van der Waals surface area contributed by atoms with Gasteiger partial charge in [0, 0.05) is 5.02 Å². The molecular weight excluding hydrogens is 225 g/mol. The minimum Gasteiger partial charge on any atom is -0.166 e. The van der Waals surface area contributed by atoms with Gasteiger partial charge in [-0.05, 0) is 31.0 Å². The van der Waals surface area contributed by atoms with Crippen LogP contribution in [0.5, 0.6) is 0 Å². The Labute approximate surface area is 93.1 Å². The first-order valence-corrected chi connectivity index (χ1v) is 5.04. The molecule has 1 aromatic carbocycles. The highest BCUT2D eigenvalue weighted by Gasteiger charge is 2.32. The summed E-state index contributed by atoms with van der Waals surface area (Å²) < 4.78 is 36.9. The first kappa shape index (κ1) is 14.3. The Hall–Kier alpha value is -0.700. The fraction of sp³-hybridized carbons (Fsp3) is 0.455. The highest BCUT2D eigenvalue weighted by Crippen LogP contribution is 2.34. The summed E-state index contributed by atoms with van der Waals surface area (Å²) in [5.41, 5.74) is 0.199. The van der Waals surface area contributed by atoms with E-state index in [1.165, 1.54) is 13.0 Å². The molecule has 0 aromatic heterocycles. The van der Waals surface area contributed by atoms with Gasteiger partial charge in [-0.2, -0.15) is 13.2 Å². The van der Waals surface area contributed by atoms with Crippen molar-refractivity contribution in [1.29, 1.82) is 0 Å². The second-order valence-electron chi connectivity index (χ2n) is 2.91. The van der Waals surface area contributed by atoms with Crippen LogP contribution >= 0.6 is 11.6 Å². The fourth-order valence-corrected chi connectivity index (χ4v) is 1.29. The van der Waals surface area contributed by atoms with Crippen LogP contribution in [-0.2, 0) is 6.18 Å². The highest BCUT2D eigenvalue weighted by molar-refractivity contribution is 6.31. The molecule has 0 unspecified atom stereocenters. The van der Waals surface area contributed by atoms with Crippen LogP contribution < -0.4 is 0 Å². The van der Waals surface area contributed by atoms with E-state index in [1.54, 1.807) is 6.92 Å². The largest absolute Gasteiger partial charge is 0.416 e. The van der Waals surface area contributed by atoms with Gasteiger partial charge in [-0.3, -0.25) is 0 Å². The van der Waals surface area contributed by atoms with E-state index in [-0.39, 0.29) is 10.6 Å². The second-order valence-corrected chi connectivity index (χ2v) is 3.32. The lowest BCUT2D eigenvalue weighted by molar-refractivity contribution is -0.138. The molecular formula is C11H14ClF3. The molecule has 0 aliphatic carbocycles. The van der Waals surface area contributed by atoms with Crippen molar-refractivity contribution in [3.8, 4) is 0 Å². The van der Waals surface area contributed by atoms with Gasteiger partial charge in [-0.25, -0.2) is 0 Å². The maximum Gasteiger partial charge on any atom is 0.416 e. The van der Waals surface area contributed by atoms with E-state index in [0.29, 0.717) is 5.56 Å². The lowest BCUT2D eigenvalue weighted by Gasteiger charge is -2.11. The molecule has 0 heterocycles. The number of halogens is 4. The number of rotatable bonds is 0. The van der Waals surface area contributed by atoms with E-state index in [1.807, 2.05) is 13.8 Å². The maximum atomic E-state index is 12.3. The standard InChI is InChI=1S/C9H8ClF3.C2H6/c1-5-3-6(2)8(10)4-7(5)9(11,12)13;1-2/h3-4H,1-2H3;1-2H3. The summed E-state index contributed by atoms with van der Waals surface area (Å²) in [4.78, 5) is 0. The van der Waals surface area contributed by atoms with Crippen molar-refractivity contribution in [2.24, 2.45) is 0 Å². The van der Waals surface area contributed by atoms with Gasteiger partial charge >= 0.3 is 6.18 Å². The zero-order valence-corrected chi connectivity index (χ0v) is 9.92.